The van der Waals surface area contributed by atoms with Crippen molar-refractivity contribution in [1.29, 1.82) is 0 Å². The van der Waals surface area contributed by atoms with Crippen molar-refractivity contribution in [3.05, 3.63) is 65.2 Å². The molecular weight excluding hydrogens is 274 g/mol. The molecule has 0 saturated carbocycles. The van der Waals surface area contributed by atoms with Crippen LogP contribution in [0.3, 0.4) is 0 Å². The molecule has 0 spiro atoms. The van der Waals surface area contributed by atoms with E-state index in [1.165, 1.54) is 0 Å². The van der Waals surface area contributed by atoms with Gasteiger partial charge in [0, 0.05) is 5.56 Å². The highest BCUT2D eigenvalue weighted by Crippen LogP contribution is 2.26. The molecule has 0 heterocycles. The summed E-state index contributed by atoms with van der Waals surface area (Å²) < 4.78 is 32.3. The molecule has 0 aromatic heterocycles. The van der Waals surface area contributed by atoms with Gasteiger partial charge in [0.1, 0.15) is 23.5 Å². The Labute approximate surface area is 123 Å². The Morgan fingerprint density at radius 2 is 1.81 bits per heavy atom. The number of unbranched alkanes of at least 4 members (excludes halogenated alkanes) is 1. The second kappa shape index (κ2) is 7.18. The third-order valence-electron chi connectivity index (χ3n) is 3.22. The third kappa shape index (κ3) is 4.02. The van der Waals surface area contributed by atoms with E-state index in [9.17, 15) is 13.9 Å². The van der Waals surface area contributed by atoms with Crippen molar-refractivity contribution < 1.29 is 18.6 Å². The second-order valence-corrected chi connectivity index (χ2v) is 4.84. The molecule has 21 heavy (non-hydrogen) atoms. The van der Waals surface area contributed by atoms with Gasteiger partial charge in [0.15, 0.2) is 0 Å². The Balaban J connectivity index is 2.12. The van der Waals surface area contributed by atoms with Gasteiger partial charge in [-0.25, -0.2) is 8.78 Å². The highest BCUT2D eigenvalue weighted by atomic mass is 19.1. The first-order valence-corrected chi connectivity index (χ1v) is 6.97. The topological polar surface area (TPSA) is 29.5 Å². The van der Waals surface area contributed by atoms with Crippen LogP contribution in [0, 0.1) is 11.6 Å². The second-order valence-electron chi connectivity index (χ2n) is 4.84. The molecule has 0 aliphatic carbocycles. The minimum atomic E-state index is -1.20. The van der Waals surface area contributed by atoms with Crippen LogP contribution in [-0.2, 0) is 0 Å². The lowest BCUT2D eigenvalue weighted by Gasteiger charge is -2.13. The van der Waals surface area contributed by atoms with Gasteiger partial charge in [-0.1, -0.05) is 25.5 Å². The fourth-order valence-corrected chi connectivity index (χ4v) is 1.98. The predicted octanol–water partition coefficient (Wildman–Crippen LogP) is 4.23. The Morgan fingerprint density at radius 1 is 1.10 bits per heavy atom. The van der Waals surface area contributed by atoms with Gasteiger partial charge in [0.25, 0.3) is 0 Å². The van der Waals surface area contributed by atoms with Gasteiger partial charge in [-0.15, -0.1) is 0 Å². The van der Waals surface area contributed by atoms with Crippen molar-refractivity contribution in [1.82, 2.24) is 0 Å². The van der Waals surface area contributed by atoms with Crippen LogP contribution in [0.25, 0.3) is 0 Å². The van der Waals surface area contributed by atoms with Gasteiger partial charge in [-0.2, -0.15) is 0 Å². The van der Waals surface area contributed by atoms with E-state index in [1.807, 2.05) is 0 Å². The summed E-state index contributed by atoms with van der Waals surface area (Å²) in [5.41, 5.74) is 0.414. The number of hydrogen-bond donors (Lipinski definition) is 1. The van der Waals surface area contributed by atoms with Crippen molar-refractivity contribution in [3.63, 3.8) is 0 Å². The lowest BCUT2D eigenvalue weighted by atomic mass is 10.0. The molecule has 0 amide bonds. The third-order valence-corrected chi connectivity index (χ3v) is 3.22. The smallest absolute Gasteiger partial charge is 0.129 e. The van der Waals surface area contributed by atoms with Crippen molar-refractivity contribution in [2.75, 3.05) is 6.61 Å². The molecule has 4 heteroatoms. The van der Waals surface area contributed by atoms with E-state index in [-0.39, 0.29) is 5.56 Å². The van der Waals surface area contributed by atoms with E-state index in [2.05, 4.69) is 6.92 Å². The van der Waals surface area contributed by atoms with Crippen LogP contribution in [0.1, 0.15) is 37.0 Å². The Kier molecular flexibility index (Phi) is 5.28. The number of halogens is 2. The lowest BCUT2D eigenvalue weighted by Crippen LogP contribution is -2.03. The zero-order valence-electron chi connectivity index (χ0n) is 11.9. The van der Waals surface area contributed by atoms with Crippen LogP contribution in [0.15, 0.2) is 42.5 Å². The number of aliphatic hydroxyl groups is 1. The molecule has 0 fully saturated rings. The van der Waals surface area contributed by atoms with E-state index >= 15 is 0 Å². The maximum atomic E-state index is 13.6. The van der Waals surface area contributed by atoms with Gasteiger partial charge in [-0.05, 0) is 42.3 Å². The largest absolute Gasteiger partial charge is 0.494 e. The van der Waals surface area contributed by atoms with Gasteiger partial charge in [0.05, 0.1) is 6.61 Å². The molecule has 2 rings (SSSR count). The quantitative estimate of drug-likeness (QED) is 0.808. The zero-order valence-corrected chi connectivity index (χ0v) is 11.9. The molecule has 0 aliphatic rings. The monoisotopic (exact) mass is 292 g/mol. The van der Waals surface area contributed by atoms with Crippen molar-refractivity contribution in [3.8, 4) is 5.75 Å². The first-order chi connectivity index (χ1) is 10.1. The molecule has 0 aliphatic heterocycles. The Hall–Kier alpha value is -1.94. The number of aliphatic hydroxyl groups excluding tert-OH is 1. The number of hydrogen-bond acceptors (Lipinski definition) is 2. The molecule has 0 saturated heterocycles. The molecule has 1 unspecified atom stereocenters. The predicted molar refractivity (Wildman–Crippen MR) is 77.3 cm³/mol. The molecule has 0 bridgehead atoms. The van der Waals surface area contributed by atoms with E-state index in [4.69, 9.17) is 4.74 Å². The Morgan fingerprint density at radius 3 is 2.48 bits per heavy atom. The van der Waals surface area contributed by atoms with Crippen molar-refractivity contribution in [2.45, 2.75) is 25.9 Å². The van der Waals surface area contributed by atoms with Crippen LogP contribution in [-0.4, -0.2) is 11.7 Å². The van der Waals surface area contributed by atoms with Crippen LogP contribution in [0.2, 0.25) is 0 Å². The van der Waals surface area contributed by atoms with E-state index < -0.39 is 17.7 Å². The summed E-state index contributed by atoms with van der Waals surface area (Å²) >= 11 is 0. The summed E-state index contributed by atoms with van der Waals surface area (Å²) in [7, 11) is 0. The standard InChI is InChI=1S/C17H18F2O2/c1-2-3-10-21-14-7-4-12(5-8-14)17(20)15-11-13(18)6-9-16(15)19/h4-9,11,17,20H,2-3,10H2,1H3. The summed E-state index contributed by atoms with van der Waals surface area (Å²) in [6, 6.07) is 9.77. The minimum absolute atomic E-state index is 0.0744. The molecule has 2 aromatic carbocycles. The minimum Gasteiger partial charge on any atom is -0.494 e. The normalized spacial score (nSPS) is 12.2. The van der Waals surface area contributed by atoms with Crippen LogP contribution in [0.5, 0.6) is 5.75 Å². The van der Waals surface area contributed by atoms with E-state index in [1.54, 1.807) is 24.3 Å². The number of ether oxygens (including phenoxy) is 1. The highest BCUT2D eigenvalue weighted by molar-refractivity contribution is 5.34. The molecule has 2 aromatic rings. The fourth-order valence-electron chi connectivity index (χ4n) is 1.98. The maximum Gasteiger partial charge on any atom is 0.129 e. The summed E-state index contributed by atoms with van der Waals surface area (Å²) in [6.07, 6.45) is 0.819. The zero-order chi connectivity index (χ0) is 15.2. The van der Waals surface area contributed by atoms with E-state index in [0.717, 1.165) is 31.0 Å². The average molecular weight is 292 g/mol. The first kappa shape index (κ1) is 15.4. The molecular formula is C17H18F2O2. The van der Waals surface area contributed by atoms with Gasteiger partial charge in [-0.3, -0.25) is 0 Å². The Bertz CT molecular complexity index is 582. The molecule has 112 valence electrons. The summed E-state index contributed by atoms with van der Waals surface area (Å²) in [4.78, 5) is 0. The fraction of sp³-hybridized carbons (Fsp3) is 0.294. The van der Waals surface area contributed by atoms with Crippen molar-refractivity contribution >= 4 is 0 Å². The lowest BCUT2D eigenvalue weighted by molar-refractivity contribution is 0.214. The molecule has 1 atom stereocenters. The average Bonchev–Trinajstić information content (AvgIpc) is 2.50. The molecule has 2 nitrogen and oxygen atoms in total. The highest BCUT2D eigenvalue weighted by Gasteiger charge is 2.16. The number of benzene rings is 2. The molecule has 1 N–H and O–H groups in total. The SMILES string of the molecule is CCCCOc1ccc(C(O)c2cc(F)ccc2F)cc1. The molecule has 0 radical (unpaired) electrons. The van der Waals surface area contributed by atoms with E-state index in [0.29, 0.717) is 17.9 Å². The maximum absolute atomic E-state index is 13.6. The van der Waals surface area contributed by atoms with Gasteiger partial charge < -0.3 is 9.84 Å². The summed E-state index contributed by atoms with van der Waals surface area (Å²) in [5.74, 6) is -0.517. The van der Waals surface area contributed by atoms with Crippen molar-refractivity contribution in [2.24, 2.45) is 0 Å². The number of rotatable bonds is 6. The van der Waals surface area contributed by atoms with Crippen LogP contribution in [0.4, 0.5) is 8.78 Å². The van der Waals surface area contributed by atoms with Crippen LogP contribution < -0.4 is 4.74 Å². The summed E-state index contributed by atoms with van der Waals surface area (Å²) in [6.45, 7) is 2.72. The van der Waals surface area contributed by atoms with Gasteiger partial charge in [0.2, 0.25) is 0 Å². The van der Waals surface area contributed by atoms with Gasteiger partial charge >= 0.3 is 0 Å². The summed E-state index contributed by atoms with van der Waals surface area (Å²) in [5, 5.41) is 10.2. The van der Waals surface area contributed by atoms with Crippen LogP contribution >= 0.6 is 0 Å². The first-order valence-electron chi connectivity index (χ1n) is 6.97.